The Hall–Kier alpha value is -1.97. The molecule has 1 N–H and O–H groups in total. The summed E-state index contributed by atoms with van der Waals surface area (Å²) in [4.78, 5) is 10.6. The maximum absolute atomic E-state index is 10.6. The van der Waals surface area contributed by atoms with Gasteiger partial charge >= 0.3 is 5.97 Å². The van der Waals surface area contributed by atoms with Crippen LogP contribution in [0.25, 0.3) is 0 Å². The van der Waals surface area contributed by atoms with Crippen LogP contribution in [0.5, 0.6) is 0 Å². The molecule has 86 valence electrons. The zero-order valence-corrected chi connectivity index (χ0v) is 11.2. The van der Waals surface area contributed by atoms with Crippen molar-refractivity contribution in [2.45, 2.75) is 19.6 Å². The number of carbonyl (C=O) groups is 1. The summed E-state index contributed by atoms with van der Waals surface area (Å²) in [5, 5.41) is 8.73. The van der Waals surface area contributed by atoms with Gasteiger partial charge in [0.15, 0.2) is 0 Å². The van der Waals surface area contributed by atoms with E-state index in [1.807, 2.05) is 0 Å². The van der Waals surface area contributed by atoms with E-state index in [4.69, 9.17) is 5.11 Å². The molecule has 1 aromatic rings. The molecular weight excluding hydrogens is 228 g/mol. The fourth-order valence-corrected chi connectivity index (χ4v) is 1.46. The summed E-state index contributed by atoms with van der Waals surface area (Å²) in [5.41, 5.74) is 4.19. The highest BCUT2D eigenvalue weighted by Crippen LogP contribution is 2.02. The molecule has 0 unspecified atom stereocenters. The highest BCUT2D eigenvalue weighted by atomic mass is 28.3. The summed E-state index contributed by atoms with van der Waals surface area (Å²) >= 11 is 0. The zero-order valence-electron chi connectivity index (χ0n) is 10.2. The van der Waals surface area contributed by atoms with Crippen LogP contribution in [0, 0.1) is 23.3 Å². The Bertz CT molecular complexity index is 528. The smallest absolute Gasteiger partial charge is 0.335 e. The molecule has 0 aliphatic rings. The van der Waals surface area contributed by atoms with Crippen molar-refractivity contribution in [1.82, 2.24) is 0 Å². The van der Waals surface area contributed by atoms with Gasteiger partial charge in [-0.2, -0.15) is 0 Å². The van der Waals surface area contributed by atoms with Gasteiger partial charge in [-0.15, -0.1) is 5.54 Å². The third-order valence-corrected chi connectivity index (χ3v) is 2.71. The maximum Gasteiger partial charge on any atom is 0.335 e. The van der Waals surface area contributed by atoms with E-state index in [2.05, 4.69) is 42.9 Å². The molecule has 1 rings (SSSR count). The quantitative estimate of drug-likeness (QED) is 0.607. The molecule has 3 heteroatoms. The maximum atomic E-state index is 10.6. The number of hydrogen-bond acceptors (Lipinski definition) is 1. The fraction of sp³-hybridized carbons (Fsp3) is 0.214. The summed E-state index contributed by atoms with van der Waals surface area (Å²) in [6.45, 7) is 6.47. The Morgan fingerprint density at radius 3 is 2.18 bits per heavy atom. The minimum atomic E-state index is -1.36. The van der Waals surface area contributed by atoms with Crippen LogP contribution >= 0.6 is 0 Å². The van der Waals surface area contributed by atoms with E-state index in [0.29, 0.717) is 0 Å². The first kappa shape index (κ1) is 13.1. The van der Waals surface area contributed by atoms with Crippen molar-refractivity contribution in [3.05, 3.63) is 35.4 Å². The molecule has 17 heavy (non-hydrogen) atoms. The van der Waals surface area contributed by atoms with E-state index >= 15 is 0 Å². The Morgan fingerprint density at radius 2 is 1.71 bits per heavy atom. The molecule has 0 aliphatic heterocycles. The molecule has 0 amide bonds. The molecule has 0 fully saturated rings. The average molecular weight is 242 g/mol. The first-order valence-electron chi connectivity index (χ1n) is 5.25. The predicted octanol–water partition coefficient (Wildman–Crippen LogP) is 2.62. The molecule has 0 spiro atoms. The van der Waals surface area contributed by atoms with Gasteiger partial charge in [0.05, 0.1) is 5.56 Å². The standard InChI is InChI=1S/C14H14O2Si/c1-17(2,3)11-5-4-6-12-7-9-13(10-8-12)14(15)16/h7-10H,1-3H3,(H,15,16). The van der Waals surface area contributed by atoms with Crippen molar-refractivity contribution in [2.75, 3.05) is 0 Å². The minimum Gasteiger partial charge on any atom is -0.478 e. The summed E-state index contributed by atoms with van der Waals surface area (Å²) in [6, 6.07) is 6.45. The second-order valence-electron chi connectivity index (χ2n) is 4.63. The molecule has 0 atom stereocenters. The molecule has 0 saturated heterocycles. The van der Waals surface area contributed by atoms with Gasteiger partial charge in [0, 0.05) is 5.56 Å². The molecule has 0 bridgehead atoms. The van der Waals surface area contributed by atoms with Crippen LogP contribution < -0.4 is 0 Å². The monoisotopic (exact) mass is 242 g/mol. The lowest BCUT2D eigenvalue weighted by Crippen LogP contribution is -2.16. The van der Waals surface area contributed by atoms with Crippen LogP contribution in [-0.2, 0) is 0 Å². The number of carboxylic acids is 1. The number of carboxylic acid groups (broad SMARTS) is 1. The summed E-state index contributed by atoms with van der Waals surface area (Å²) < 4.78 is 0. The molecule has 0 heterocycles. The second-order valence-corrected chi connectivity index (χ2v) is 9.38. The van der Waals surface area contributed by atoms with Gasteiger partial charge in [-0.05, 0) is 36.1 Å². The number of hydrogen-bond donors (Lipinski definition) is 1. The topological polar surface area (TPSA) is 37.3 Å². The number of benzene rings is 1. The van der Waals surface area contributed by atoms with Crippen molar-refractivity contribution in [1.29, 1.82) is 0 Å². The Kier molecular flexibility index (Phi) is 4.15. The van der Waals surface area contributed by atoms with Crippen LogP contribution in [-0.4, -0.2) is 19.1 Å². The Balaban J connectivity index is 2.79. The molecule has 1 aromatic carbocycles. The van der Waals surface area contributed by atoms with Gasteiger partial charge in [-0.1, -0.05) is 25.6 Å². The van der Waals surface area contributed by atoms with Gasteiger partial charge in [0.25, 0.3) is 0 Å². The third-order valence-electron chi connectivity index (χ3n) is 1.84. The number of aromatic carboxylic acids is 1. The summed E-state index contributed by atoms with van der Waals surface area (Å²) in [5.74, 6) is 7.59. The lowest BCUT2D eigenvalue weighted by atomic mass is 10.1. The van der Waals surface area contributed by atoms with Gasteiger partial charge in [-0.3, -0.25) is 0 Å². The first-order valence-corrected chi connectivity index (χ1v) is 8.75. The van der Waals surface area contributed by atoms with Crippen LogP contribution in [0.4, 0.5) is 0 Å². The van der Waals surface area contributed by atoms with Crippen LogP contribution in [0.15, 0.2) is 24.3 Å². The van der Waals surface area contributed by atoms with Crippen LogP contribution in [0.2, 0.25) is 19.6 Å². The fourth-order valence-electron chi connectivity index (χ4n) is 1.02. The Labute approximate surface area is 103 Å². The molecule has 0 aromatic heterocycles. The van der Waals surface area contributed by atoms with E-state index in [1.165, 1.54) is 12.1 Å². The second kappa shape index (κ2) is 5.38. The van der Waals surface area contributed by atoms with Crippen molar-refractivity contribution >= 4 is 14.0 Å². The summed E-state index contributed by atoms with van der Waals surface area (Å²) in [6.07, 6.45) is 0. The zero-order chi connectivity index (χ0) is 12.9. The highest BCUT2D eigenvalue weighted by molar-refractivity contribution is 6.83. The minimum absolute atomic E-state index is 0.267. The van der Waals surface area contributed by atoms with E-state index in [-0.39, 0.29) is 5.56 Å². The lowest BCUT2D eigenvalue weighted by Gasteiger charge is -2.01. The summed E-state index contributed by atoms with van der Waals surface area (Å²) in [7, 11) is -1.36. The van der Waals surface area contributed by atoms with Crippen LogP contribution in [0.3, 0.4) is 0 Å². The molecule has 0 aliphatic carbocycles. The van der Waals surface area contributed by atoms with Gasteiger partial charge < -0.3 is 5.11 Å². The van der Waals surface area contributed by atoms with E-state index in [9.17, 15) is 4.79 Å². The lowest BCUT2D eigenvalue weighted by molar-refractivity contribution is 0.0697. The molecule has 0 radical (unpaired) electrons. The van der Waals surface area contributed by atoms with Gasteiger partial charge in [0.1, 0.15) is 8.07 Å². The van der Waals surface area contributed by atoms with E-state index < -0.39 is 14.0 Å². The normalized spacial score (nSPS) is 9.59. The molecule has 0 saturated carbocycles. The van der Waals surface area contributed by atoms with Crippen molar-refractivity contribution < 1.29 is 9.90 Å². The molecule has 2 nitrogen and oxygen atoms in total. The SMILES string of the molecule is C[Si](C)(C)C#CC#Cc1ccc(C(=O)O)cc1. The number of rotatable bonds is 1. The van der Waals surface area contributed by atoms with Gasteiger partial charge in [0.2, 0.25) is 0 Å². The molecular formula is C14H14O2Si. The van der Waals surface area contributed by atoms with Crippen molar-refractivity contribution in [3.8, 4) is 23.3 Å². The highest BCUT2D eigenvalue weighted by Gasteiger charge is 2.06. The predicted molar refractivity (Wildman–Crippen MR) is 71.4 cm³/mol. The third kappa shape index (κ3) is 5.06. The first-order chi connectivity index (χ1) is 7.88. The van der Waals surface area contributed by atoms with Crippen molar-refractivity contribution in [2.24, 2.45) is 0 Å². The van der Waals surface area contributed by atoms with Crippen LogP contribution in [0.1, 0.15) is 15.9 Å². The van der Waals surface area contributed by atoms with E-state index in [1.54, 1.807) is 12.1 Å². The van der Waals surface area contributed by atoms with E-state index in [0.717, 1.165) is 5.56 Å². The average Bonchev–Trinajstić information content (AvgIpc) is 2.24. The largest absolute Gasteiger partial charge is 0.478 e. The van der Waals surface area contributed by atoms with Gasteiger partial charge in [-0.25, -0.2) is 4.79 Å². The van der Waals surface area contributed by atoms with Crippen molar-refractivity contribution in [3.63, 3.8) is 0 Å². The Morgan fingerprint density at radius 1 is 1.12 bits per heavy atom.